The summed E-state index contributed by atoms with van der Waals surface area (Å²) in [5.41, 5.74) is -1.15. The molecule has 18 heavy (non-hydrogen) atoms. The Morgan fingerprint density at radius 2 is 1.94 bits per heavy atom. The minimum Gasteiger partial charge on any atom is -0.338 e. The Labute approximate surface area is 107 Å². The van der Waals surface area contributed by atoms with Crippen LogP contribution in [0.3, 0.4) is 0 Å². The van der Waals surface area contributed by atoms with Crippen LogP contribution in [0.5, 0.6) is 0 Å². The number of carbonyl (C=O) groups is 1. The molecule has 0 unspecified atom stereocenters. The van der Waals surface area contributed by atoms with E-state index in [1.807, 2.05) is 0 Å². The maximum atomic E-state index is 12.6. The van der Waals surface area contributed by atoms with Gasteiger partial charge in [0.05, 0.1) is 11.3 Å². The van der Waals surface area contributed by atoms with E-state index < -0.39 is 17.8 Å². The summed E-state index contributed by atoms with van der Waals surface area (Å²) in [6.07, 6.45) is -3.95. The molecular formula is C11H12ClF3N2O. The van der Waals surface area contributed by atoms with Crippen LogP contribution in [0.15, 0.2) is 24.3 Å². The van der Waals surface area contributed by atoms with Crippen LogP contribution in [0.25, 0.3) is 0 Å². The van der Waals surface area contributed by atoms with Crippen LogP contribution >= 0.6 is 11.6 Å². The van der Waals surface area contributed by atoms with E-state index in [-0.39, 0.29) is 5.69 Å². The normalized spacial score (nSPS) is 11.1. The lowest BCUT2D eigenvalue weighted by atomic mass is 10.1. The molecule has 0 aliphatic carbocycles. The number of benzene rings is 1. The van der Waals surface area contributed by atoms with E-state index in [1.165, 1.54) is 18.2 Å². The molecule has 2 N–H and O–H groups in total. The van der Waals surface area contributed by atoms with Gasteiger partial charge >= 0.3 is 12.2 Å². The lowest BCUT2D eigenvalue weighted by Gasteiger charge is -2.13. The van der Waals surface area contributed by atoms with E-state index in [9.17, 15) is 18.0 Å². The first kappa shape index (κ1) is 14.6. The second-order valence-electron chi connectivity index (χ2n) is 3.47. The Bertz CT molecular complexity index is 410. The molecule has 2 amide bonds. The number of para-hydroxylation sites is 1. The minimum absolute atomic E-state index is 0.270. The molecule has 0 saturated heterocycles. The summed E-state index contributed by atoms with van der Waals surface area (Å²) in [6, 6.07) is 4.11. The molecule has 1 aromatic carbocycles. The third kappa shape index (κ3) is 4.44. The number of rotatable bonds is 4. The van der Waals surface area contributed by atoms with Gasteiger partial charge in [-0.2, -0.15) is 13.2 Å². The molecular weight excluding hydrogens is 269 g/mol. The van der Waals surface area contributed by atoms with E-state index in [1.54, 1.807) is 0 Å². The highest BCUT2D eigenvalue weighted by Crippen LogP contribution is 2.34. The van der Waals surface area contributed by atoms with E-state index in [4.69, 9.17) is 11.6 Å². The average molecular weight is 281 g/mol. The van der Waals surface area contributed by atoms with E-state index in [2.05, 4.69) is 10.6 Å². The predicted molar refractivity (Wildman–Crippen MR) is 63.8 cm³/mol. The van der Waals surface area contributed by atoms with Crippen LogP contribution < -0.4 is 10.6 Å². The van der Waals surface area contributed by atoms with E-state index in [0.717, 1.165) is 6.07 Å². The zero-order chi connectivity index (χ0) is 13.6. The summed E-state index contributed by atoms with van der Waals surface area (Å²) in [6.45, 7) is 0.309. The number of halogens is 4. The fourth-order valence-corrected chi connectivity index (χ4v) is 1.41. The van der Waals surface area contributed by atoms with Crippen molar-refractivity contribution < 1.29 is 18.0 Å². The number of alkyl halides is 4. The number of urea groups is 1. The van der Waals surface area contributed by atoms with Crippen LogP contribution in [-0.2, 0) is 6.18 Å². The highest BCUT2D eigenvalue weighted by Gasteiger charge is 2.33. The van der Waals surface area contributed by atoms with Gasteiger partial charge in [0.2, 0.25) is 0 Å². The average Bonchev–Trinajstić information content (AvgIpc) is 2.28. The van der Waals surface area contributed by atoms with Crippen LogP contribution in [0.4, 0.5) is 23.7 Å². The maximum Gasteiger partial charge on any atom is 0.418 e. The first-order valence-corrected chi connectivity index (χ1v) is 5.75. The highest BCUT2D eigenvalue weighted by atomic mass is 35.5. The van der Waals surface area contributed by atoms with Gasteiger partial charge in [-0.3, -0.25) is 0 Å². The van der Waals surface area contributed by atoms with Crippen LogP contribution in [0.1, 0.15) is 12.0 Å². The van der Waals surface area contributed by atoms with Gasteiger partial charge in [0, 0.05) is 12.4 Å². The molecule has 0 spiro atoms. The molecule has 0 radical (unpaired) electrons. The second kappa shape index (κ2) is 6.49. The first-order chi connectivity index (χ1) is 8.45. The lowest BCUT2D eigenvalue weighted by molar-refractivity contribution is -0.136. The monoisotopic (exact) mass is 280 g/mol. The molecule has 1 aromatic rings. The quantitative estimate of drug-likeness (QED) is 0.644. The van der Waals surface area contributed by atoms with Gasteiger partial charge in [-0.1, -0.05) is 12.1 Å². The Balaban J connectivity index is 2.70. The summed E-state index contributed by atoms with van der Waals surface area (Å²) in [5.74, 6) is 0.374. The van der Waals surface area contributed by atoms with Gasteiger partial charge in [-0.25, -0.2) is 4.79 Å². The van der Waals surface area contributed by atoms with Crippen molar-refractivity contribution in [1.82, 2.24) is 5.32 Å². The number of hydrogen-bond donors (Lipinski definition) is 2. The standard InChI is InChI=1S/C11H12ClF3N2O/c12-6-3-7-16-10(18)17-9-5-2-1-4-8(9)11(13,14)15/h1-2,4-5H,3,6-7H2,(H2,16,17,18). The zero-order valence-electron chi connectivity index (χ0n) is 9.35. The van der Waals surface area contributed by atoms with Gasteiger partial charge in [-0.05, 0) is 18.6 Å². The number of amides is 2. The van der Waals surface area contributed by atoms with Crippen molar-refractivity contribution in [3.63, 3.8) is 0 Å². The molecule has 3 nitrogen and oxygen atoms in total. The number of anilines is 1. The first-order valence-electron chi connectivity index (χ1n) is 5.22. The van der Waals surface area contributed by atoms with Gasteiger partial charge in [0.1, 0.15) is 0 Å². The molecule has 0 aliphatic rings. The van der Waals surface area contributed by atoms with E-state index in [0.29, 0.717) is 18.8 Å². The minimum atomic E-state index is -4.50. The van der Waals surface area contributed by atoms with Crippen molar-refractivity contribution in [2.24, 2.45) is 0 Å². The third-order valence-corrected chi connectivity index (χ3v) is 2.34. The van der Waals surface area contributed by atoms with Crippen molar-refractivity contribution in [3.8, 4) is 0 Å². The Morgan fingerprint density at radius 3 is 2.56 bits per heavy atom. The summed E-state index contributed by atoms with van der Waals surface area (Å²) < 4.78 is 37.8. The SMILES string of the molecule is O=C(NCCCCl)Nc1ccccc1C(F)(F)F. The van der Waals surface area contributed by atoms with Crippen molar-refractivity contribution >= 4 is 23.3 Å². The molecule has 7 heteroatoms. The highest BCUT2D eigenvalue weighted by molar-refractivity contribution is 6.17. The molecule has 0 atom stereocenters. The van der Waals surface area contributed by atoms with Crippen molar-refractivity contribution in [2.75, 3.05) is 17.7 Å². The molecule has 0 aliphatic heterocycles. The van der Waals surface area contributed by atoms with Crippen LogP contribution in [0, 0.1) is 0 Å². The molecule has 0 saturated carbocycles. The Hall–Kier alpha value is -1.43. The Kier molecular flexibility index (Phi) is 5.27. The molecule has 1 rings (SSSR count). The summed E-state index contributed by atoms with van der Waals surface area (Å²) in [7, 11) is 0. The number of hydrogen-bond acceptors (Lipinski definition) is 1. The number of carbonyl (C=O) groups excluding carboxylic acids is 1. The zero-order valence-corrected chi connectivity index (χ0v) is 10.1. The van der Waals surface area contributed by atoms with Gasteiger partial charge in [0.15, 0.2) is 0 Å². The van der Waals surface area contributed by atoms with Crippen molar-refractivity contribution in [2.45, 2.75) is 12.6 Å². The molecule has 100 valence electrons. The van der Waals surface area contributed by atoms with E-state index >= 15 is 0 Å². The fraction of sp³-hybridized carbons (Fsp3) is 0.364. The summed E-state index contributed by atoms with van der Waals surface area (Å²) in [5, 5.41) is 4.57. The Morgan fingerprint density at radius 1 is 1.28 bits per heavy atom. The van der Waals surface area contributed by atoms with Crippen molar-refractivity contribution in [1.29, 1.82) is 0 Å². The van der Waals surface area contributed by atoms with Gasteiger partial charge < -0.3 is 10.6 Å². The topological polar surface area (TPSA) is 41.1 Å². The molecule has 0 aromatic heterocycles. The molecule has 0 heterocycles. The van der Waals surface area contributed by atoms with Gasteiger partial charge in [0.25, 0.3) is 0 Å². The molecule has 0 fully saturated rings. The molecule has 0 bridgehead atoms. The maximum absolute atomic E-state index is 12.6. The number of nitrogens with one attached hydrogen (secondary N) is 2. The van der Waals surface area contributed by atoms with Crippen LogP contribution in [0.2, 0.25) is 0 Å². The lowest BCUT2D eigenvalue weighted by Crippen LogP contribution is -2.30. The largest absolute Gasteiger partial charge is 0.418 e. The fourth-order valence-electron chi connectivity index (χ4n) is 1.27. The summed E-state index contributed by atoms with van der Waals surface area (Å²) in [4.78, 5) is 11.3. The third-order valence-electron chi connectivity index (χ3n) is 2.08. The second-order valence-corrected chi connectivity index (χ2v) is 3.84. The summed E-state index contributed by atoms with van der Waals surface area (Å²) >= 11 is 5.41. The van der Waals surface area contributed by atoms with Crippen molar-refractivity contribution in [3.05, 3.63) is 29.8 Å². The van der Waals surface area contributed by atoms with Crippen LogP contribution in [-0.4, -0.2) is 18.5 Å². The smallest absolute Gasteiger partial charge is 0.338 e. The van der Waals surface area contributed by atoms with Gasteiger partial charge in [-0.15, -0.1) is 11.6 Å². The predicted octanol–water partition coefficient (Wildman–Crippen LogP) is 3.46.